The van der Waals surface area contributed by atoms with Gasteiger partial charge >= 0.3 is 0 Å². The Morgan fingerprint density at radius 2 is 0.841 bits per heavy atom. The molecule has 0 saturated carbocycles. The van der Waals surface area contributed by atoms with Crippen molar-refractivity contribution in [1.29, 1.82) is 0 Å². The number of nitrogens with zero attached hydrogens (tertiary/aromatic N) is 4. The van der Waals surface area contributed by atoms with Crippen LogP contribution in [0.4, 0.5) is 0 Å². The molecule has 0 spiro atoms. The fraction of sp³-hybridized carbons (Fsp3) is 0. The molecule has 13 aromatic rings. The van der Waals surface area contributed by atoms with Gasteiger partial charge < -0.3 is 4.57 Å². The maximum atomic E-state index is 5.45. The van der Waals surface area contributed by atoms with Crippen molar-refractivity contribution in [3.05, 3.63) is 218 Å². The first-order chi connectivity index (χ1) is 31.2. The first-order valence-electron chi connectivity index (χ1n) is 21.4. The maximum Gasteiger partial charge on any atom is 0.165 e. The topological polar surface area (TPSA) is 43.6 Å². The zero-order valence-corrected chi connectivity index (χ0v) is 34.1. The minimum atomic E-state index is 0.622. The smallest absolute Gasteiger partial charge is 0.165 e. The van der Waals surface area contributed by atoms with E-state index in [1.807, 2.05) is 18.2 Å². The van der Waals surface area contributed by atoms with Gasteiger partial charge in [-0.25, -0.2) is 15.0 Å². The molecule has 0 aliphatic rings. The van der Waals surface area contributed by atoms with Gasteiger partial charge in [-0.2, -0.15) is 0 Å². The van der Waals surface area contributed by atoms with Crippen molar-refractivity contribution in [2.75, 3.05) is 0 Å². The summed E-state index contributed by atoms with van der Waals surface area (Å²) in [5, 5.41) is 14.2. The predicted octanol–water partition coefficient (Wildman–Crippen LogP) is 15.4. The summed E-state index contributed by atoms with van der Waals surface area (Å²) < 4.78 is 2.49. The molecule has 63 heavy (non-hydrogen) atoms. The molecule has 0 fully saturated rings. The maximum absolute atomic E-state index is 5.45. The van der Waals surface area contributed by atoms with Gasteiger partial charge in [0.25, 0.3) is 0 Å². The molecule has 0 N–H and O–H groups in total. The standard InChI is InChI=1S/C59H36N4/c1-2-18-40(19-3-1)57-60-58(44-30-29-37-15-4-5-20-41(37)33-44)62-59(61-57)56-49-27-13-12-26-48(49)54(36-50(56)47-28-14-23-38-16-8-10-24-45(38)47)63-52-32-31-39-17-9-11-25-46(39)55(52)51-34-42-21-6-7-22-43(42)35-53(51)63/h1-36H. The van der Waals surface area contributed by atoms with Crippen LogP contribution in [-0.2, 0) is 0 Å². The lowest BCUT2D eigenvalue weighted by Gasteiger charge is -2.20. The van der Waals surface area contributed by atoms with Crippen LogP contribution in [0.5, 0.6) is 0 Å². The SMILES string of the molecule is c1ccc(-c2nc(-c3ccc4ccccc4c3)nc(-c3c(-c4cccc5ccccc45)cc(-n4c5cc6ccccc6cc5c5c6ccccc6ccc54)c4ccccc34)n2)cc1. The molecule has 0 amide bonds. The summed E-state index contributed by atoms with van der Waals surface area (Å²) in [6, 6.07) is 78.4. The summed E-state index contributed by atoms with van der Waals surface area (Å²) in [5.41, 5.74) is 8.40. The molecular formula is C59H36N4. The Morgan fingerprint density at radius 3 is 1.62 bits per heavy atom. The predicted molar refractivity (Wildman–Crippen MR) is 263 cm³/mol. The highest BCUT2D eigenvalue weighted by Gasteiger charge is 2.24. The van der Waals surface area contributed by atoms with Crippen LogP contribution < -0.4 is 0 Å². The second-order valence-corrected chi connectivity index (χ2v) is 16.4. The third-order valence-electron chi connectivity index (χ3n) is 12.8. The Morgan fingerprint density at radius 1 is 0.286 bits per heavy atom. The van der Waals surface area contributed by atoms with Gasteiger partial charge in [0, 0.05) is 32.8 Å². The van der Waals surface area contributed by atoms with Crippen molar-refractivity contribution >= 4 is 75.7 Å². The number of hydrogen-bond donors (Lipinski definition) is 0. The Bertz CT molecular complexity index is 3970. The normalized spacial score (nSPS) is 11.8. The fourth-order valence-corrected chi connectivity index (χ4v) is 9.85. The van der Waals surface area contributed by atoms with Crippen LogP contribution in [0.3, 0.4) is 0 Å². The lowest BCUT2D eigenvalue weighted by atomic mass is 9.89. The number of aromatic nitrogens is 4. The van der Waals surface area contributed by atoms with Gasteiger partial charge in [0.2, 0.25) is 0 Å². The average molecular weight is 801 g/mol. The first-order valence-corrected chi connectivity index (χ1v) is 21.4. The van der Waals surface area contributed by atoms with Crippen LogP contribution in [0.2, 0.25) is 0 Å². The molecule has 0 aliphatic heterocycles. The monoisotopic (exact) mass is 800 g/mol. The molecule has 13 rings (SSSR count). The summed E-state index contributed by atoms with van der Waals surface area (Å²) in [5.74, 6) is 1.88. The molecule has 11 aromatic carbocycles. The minimum absolute atomic E-state index is 0.622. The van der Waals surface area contributed by atoms with Crippen molar-refractivity contribution in [3.63, 3.8) is 0 Å². The second kappa shape index (κ2) is 14.1. The third-order valence-corrected chi connectivity index (χ3v) is 12.8. The number of rotatable bonds is 5. The number of benzene rings is 11. The molecule has 0 unspecified atom stereocenters. The lowest BCUT2D eigenvalue weighted by molar-refractivity contribution is 1.08. The van der Waals surface area contributed by atoms with E-state index in [4.69, 9.17) is 15.0 Å². The quantitative estimate of drug-likeness (QED) is 0.174. The van der Waals surface area contributed by atoms with Gasteiger partial charge in [0.1, 0.15) is 0 Å². The van der Waals surface area contributed by atoms with Crippen LogP contribution in [0, 0.1) is 0 Å². The molecule has 0 radical (unpaired) electrons. The van der Waals surface area contributed by atoms with E-state index < -0.39 is 0 Å². The fourth-order valence-electron chi connectivity index (χ4n) is 9.85. The molecule has 0 aliphatic carbocycles. The summed E-state index contributed by atoms with van der Waals surface area (Å²) in [7, 11) is 0. The van der Waals surface area contributed by atoms with E-state index in [1.54, 1.807) is 0 Å². The van der Waals surface area contributed by atoms with Gasteiger partial charge in [0.05, 0.1) is 16.7 Å². The summed E-state index contributed by atoms with van der Waals surface area (Å²) >= 11 is 0. The zero-order chi connectivity index (χ0) is 41.4. The molecule has 2 aromatic heterocycles. The molecule has 0 atom stereocenters. The first kappa shape index (κ1) is 35.3. The minimum Gasteiger partial charge on any atom is -0.309 e. The van der Waals surface area contributed by atoms with E-state index in [0.717, 1.165) is 66.1 Å². The molecule has 4 heteroatoms. The van der Waals surface area contributed by atoms with Gasteiger partial charge in [-0.15, -0.1) is 0 Å². The van der Waals surface area contributed by atoms with Crippen LogP contribution in [0.1, 0.15) is 0 Å². The van der Waals surface area contributed by atoms with Crippen molar-refractivity contribution in [3.8, 4) is 51.0 Å². The summed E-state index contributed by atoms with van der Waals surface area (Å²) in [4.78, 5) is 16.1. The van der Waals surface area contributed by atoms with Crippen LogP contribution in [0.15, 0.2) is 218 Å². The summed E-state index contributed by atoms with van der Waals surface area (Å²) in [6.07, 6.45) is 0. The highest BCUT2D eigenvalue weighted by atomic mass is 15.0. The molecule has 0 bridgehead atoms. The van der Waals surface area contributed by atoms with Crippen LogP contribution >= 0.6 is 0 Å². The van der Waals surface area contributed by atoms with Gasteiger partial charge in [-0.3, -0.25) is 0 Å². The van der Waals surface area contributed by atoms with Gasteiger partial charge in [-0.1, -0.05) is 188 Å². The van der Waals surface area contributed by atoms with Crippen molar-refractivity contribution in [2.24, 2.45) is 0 Å². The second-order valence-electron chi connectivity index (χ2n) is 16.4. The van der Waals surface area contributed by atoms with E-state index in [1.165, 1.54) is 43.1 Å². The lowest BCUT2D eigenvalue weighted by Crippen LogP contribution is -2.04. The average Bonchev–Trinajstić information content (AvgIpc) is 3.68. The number of fused-ring (bicyclic) bond motifs is 9. The Hall–Kier alpha value is -8.47. The van der Waals surface area contributed by atoms with Crippen molar-refractivity contribution < 1.29 is 0 Å². The van der Waals surface area contributed by atoms with Crippen molar-refractivity contribution in [1.82, 2.24) is 19.5 Å². The Labute approximate surface area is 363 Å². The van der Waals surface area contributed by atoms with E-state index >= 15 is 0 Å². The Kier molecular flexibility index (Phi) is 7.87. The van der Waals surface area contributed by atoms with Gasteiger partial charge in [0.15, 0.2) is 17.5 Å². The van der Waals surface area contributed by atoms with E-state index in [9.17, 15) is 0 Å². The zero-order valence-electron chi connectivity index (χ0n) is 34.1. The Balaban J connectivity index is 1.18. The van der Waals surface area contributed by atoms with Crippen LogP contribution in [0.25, 0.3) is 127 Å². The molecule has 2 heterocycles. The highest BCUT2D eigenvalue weighted by molar-refractivity contribution is 6.24. The molecule has 0 saturated heterocycles. The van der Waals surface area contributed by atoms with Crippen LogP contribution in [-0.4, -0.2) is 19.5 Å². The number of hydrogen-bond acceptors (Lipinski definition) is 3. The van der Waals surface area contributed by atoms with E-state index in [-0.39, 0.29) is 0 Å². The van der Waals surface area contributed by atoms with Gasteiger partial charge in [-0.05, 0) is 89.9 Å². The molecule has 292 valence electrons. The van der Waals surface area contributed by atoms with Crippen molar-refractivity contribution in [2.45, 2.75) is 0 Å². The van der Waals surface area contributed by atoms with E-state index in [0.29, 0.717) is 17.5 Å². The highest BCUT2D eigenvalue weighted by Crippen LogP contribution is 2.46. The molecular weight excluding hydrogens is 765 g/mol. The molecule has 4 nitrogen and oxygen atoms in total. The summed E-state index contributed by atoms with van der Waals surface area (Å²) in [6.45, 7) is 0. The third kappa shape index (κ3) is 5.66. The van der Waals surface area contributed by atoms with E-state index in [2.05, 4.69) is 205 Å². The largest absolute Gasteiger partial charge is 0.309 e.